The van der Waals surface area contributed by atoms with Crippen molar-refractivity contribution in [3.05, 3.63) is 30.1 Å². The summed E-state index contributed by atoms with van der Waals surface area (Å²) in [5.74, 6) is 0.696. The summed E-state index contributed by atoms with van der Waals surface area (Å²) in [6.45, 7) is 1.95. The van der Waals surface area contributed by atoms with Crippen molar-refractivity contribution >= 4 is 0 Å². The van der Waals surface area contributed by atoms with E-state index in [1.54, 1.807) is 0 Å². The minimum atomic E-state index is 0.686. The summed E-state index contributed by atoms with van der Waals surface area (Å²) >= 11 is 0. The molecule has 0 aliphatic heterocycles. The van der Waals surface area contributed by atoms with Gasteiger partial charge in [-0.1, -0.05) is 12.8 Å². The standard InChI is InChI=1S/C15H25N3/c1-18(11-8-13-6-9-17-10-7-13)15-5-3-2-4-14(15)12-16/h6-7,9-10,14-15H,2-5,8,11-12,16H2,1H3. The molecule has 2 N–H and O–H groups in total. The molecule has 2 rings (SSSR count). The first-order chi connectivity index (χ1) is 8.81. The lowest BCUT2D eigenvalue weighted by molar-refractivity contribution is 0.135. The van der Waals surface area contributed by atoms with Crippen LogP contribution >= 0.6 is 0 Å². The fraction of sp³-hybridized carbons (Fsp3) is 0.667. The number of aromatic nitrogens is 1. The smallest absolute Gasteiger partial charge is 0.0270 e. The molecule has 2 atom stereocenters. The molecule has 1 heterocycles. The van der Waals surface area contributed by atoms with Gasteiger partial charge in [0, 0.05) is 25.0 Å². The van der Waals surface area contributed by atoms with Crippen LogP contribution in [0.25, 0.3) is 0 Å². The van der Waals surface area contributed by atoms with Crippen molar-refractivity contribution in [3.8, 4) is 0 Å². The fourth-order valence-electron chi connectivity index (χ4n) is 3.06. The lowest BCUT2D eigenvalue weighted by Gasteiger charge is -2.37. The normalized spacial score (nSPS) is 24.4. The highest BCUT2D eigenvalue weighted by Gasteiger charge is 2.26. The maximum atomic E-state index is 5.90. The molecule has 0 bridgehead atoms. The summed E-state index contributed by atoms with van der Waals surface area (Å²) < 4.78 is 0. The van der Waals surface area contributed by atoms with Crippen LogP contribution in [0.3, 0.4) is 0 Å². The topological polar surface area (TPSA) is 42.2 Å². The SMILES string of the molecule is CN(CCc1ccncc1)C1CCCCC1CN. The summed E-state index contributed by atoms with van der Waals surface area (Å²) in [7, 11) is 2.25. The van der Waals surface area contributed by atoms with Crippen molar-refractivity contribution in [2.24, 2.45) is 11.7 Å². The number of pyridine rings is 1. The molecule has 100 valence electrons. The molecule has 3 nitrogen and oxygen atoms in total. The second kappa shape index (κ2) is 6.86. The van der Waals surface area contributed by atoms with Crippen LogP contribution in [0, 0.1) is 5.92 Å². The van der Waals surface area contributed by atoms with E-state index in [-0.39, 0.29) is 0 Å². The quantitative estimate of drug-likeness (QED) is 0.866. The molecule has 2 unspecified atom stereocenters. The van der Waals surface area contributed by atoms with Gasteiger partial charge in [0.05, 0.1) is 0 Å². The predicted molar refractivity (Wildman–Crippen MR) is 75.4 cm³/mol. The lowest BCUT2D eigenvalue weighted by Crippen LogP contribution is -2.43. The van der Waals surface area contributed by atoms with Crippen LogP contribution in [0.5, 0.6) is 0 Å². The summed E-state index contributed by atoms with van der Waals surface area (Å²) in [5.41, 5.74) is 7.28. The van der Waals surface area contributed by atoms with Crippen molar-refractivity contribution in [1.29, 1.82) is 0 Å². The Bertz CT molecular complexity index is 339. The van der Waals surface area contributed by atoms with E-state index in [4.69, 9.17) is 5.73 Å². The average Bonchev–Trinajstić information content (AvgIpc) is 2.45. The second-order valence-electron chi connectivity index (χ2n) is 5.43. The number of likely N-dealkylation sites (N-methyl/N-ethyl adjacent to an activating group) is 1. The van der Waals surface area contributed by atoms with Crippen LogP contribution < -0.4 is 5.73 Å². The van der Waals surface area contributed by atoms with E-state index in [1.807, 2.05) is 12.4 Å². The van der Waals surface area contributed by atoms with Crippen LogP contribution in [0.4, 0.5) is 0 Å². The minimum absolute atomic E-state index is 0.686. The Morgan fingerprint density at radius 3 is 2.72 bits per heavy atom. The average molecular weight is 247 g/mol. The van der Waals surface area contributed by atoms with Gasteiger partial charge in [-0.15, -0.1) is 0 Å². The summed E-state index contributed by atoms with van der Waals surface area (Å²) in [5, 5.41) is 0. The Morgan fingerprint density at radius 1 is 1.28 bits per heavy atom. The fourth-order valence-corrected chi connectivity index (χ4v) is 3.06. The Labute approximate surface area is 110 Å². The van der Waals surface area contributed by atoms with Crippen molar-refractivity contribution in [1.82, 2.24) is 9.88 Å². The number of nitrogens with zero attached hydrogens (tertiary/aromatic N) is 2. The van der Waals surface area contributed by atoms with Gasteiger partial charge < -0.3 is 10.6 Å². The van der Waals surface area contributed by atoms with Crippen molar-refractivity contribution in [2.75, 3.05) is 20.1 Å². The molecule has 0 saturated heterocycles. The molecular weight excluding hydrogens is 222 g/mol. The van der Waals surface area contributed by atoms with Gasteiger partial charge in [-0.2, -0.15) is 0 Å². The van der Waals surface area contributed by atoms with E-state index < -0.39 is 0 Å². The van der Waals surface area contributed by atoms with Gasteiger partial charge in [-0.25, -0.2) is 0 Å². The summed E-state index contributed by atoms with van der Waals surface area (Å²) in [6.07, 6.45) is 10.2. The van der Waals surface area contributed by atoms with E-state index in [0.717, 1.165) is 19.5 Å². The highest BCUT2D eigenvalue weighted by Crippen LogP contribution is 2.27. The van der Waals surface area contributed by atoms with Gasteiger partial charge in [0.2, 0.25) is 0 Å². The summed E-state index contributed by atoms with van der Waals surface area (Å²) in [4.78, 5) is 6.57. The van der Waals surface area contributed by atoms with Crippen LogP contribution in [-0.4, -0.2) is 36.1 Å². The molecule has 1 aliphatic rings. The van der Waals surface area contributed by atoms with Gasteiger partial charge in [-0.05, 0) is 56.5 Å². The zero-order valence-corrected chi connectivity index (χ0v) is 11.4. The second-order valence-corrected chi connectivity index (χ2v) is 5.43. The summed E-state index contributed by atoms with van der Waals surface area (Å²) in [6, 6.07) is 4.90. The third-order valence-corrected chi connectivity index (χ3v) is 4.24. The van der Waals surface area contributed by atoms with E-state index in [0.29, 0.717) is 12.0 Å². The van der Waals surface area contributed by atoms with E-state index in [1.165, 1.54) is 31.2 Å². The number of hydrogen-bond acceptors (Lipinski definition) is 3. The molecule has 1 aromatic rings. The highest BCUT2D eigenvalue weighted by molar-refractivity contribution is 5.10. The third kappa shape index (κ3) is 3.53. The molecule has 0 spiro atoms. The van der Waals surface area contributed by atoms with Crippen LogP contribution in [0.15, 0.2) is 24.5 Å². The predicted octanol–water partition coefficient (Wildman–Crippen LogP) is 2.07. The molecule has 1 fully saturated rings. The highest BCUT2D eigenvalue weighted by atomic mass is 15.1. The first-order valence-corrected chi connectivity index (χ1v) is 7.10. The van der Waals surface area contributed by atoms with Crippen molar-refractivity contribution in [2.45, 2.75) is 38.1 Å². The first-order valence-electron chi connectivity index (χ1n) is 7.10. The third-order valence-electron chi connectivity index (χ3n) is 4.24. The molecule has 1 saturated carbocycles. The van der Waals surface area contributed by atoms with E-state index in [9.17, 15) is 0 Å². The lowest BCUT2D eigenvalue weighted by atomic mass is 9.83. The molecule has 0 aromatic carbocycles. The molecule has 1 aromatic heterocycles. The first kappa shape index (κ1) is 13.5. The number of hydrogen-bond donors (Lipinski definition) is 1. The zero-order valence-electron chi connectivity index (χ0n) is 11.4. The Balaban J connectivity index is 1.85. The maximum Gasteiger partial charge on any atom is 0.0270 e. The molecule has 0 amide bonds. The van der Waals surface area contributed by atoms with E-state index in [2.05, 4.69) is 29.1 Å². The maximum absolute atomic E-state index is 5.90. The molecule has 3 heteroatoms. The Morgan fingerprint density at radius 2 is 2.00 bits per heavy atom. The van der Waals surface area contributed by atoms with Crippen LogP contribution in [0.1, 0.15) is 31.2 Å². The number of rotatable bonds is 5. The largest absolute Gasteiger partial charge is 0.330 e. The van der Waals surface area contributed by atoms with Crippen molar-refractivity contribution < 1.29 is 0 Å². The van der Waals surface area contributed by atoms with E-state index >= 15 is 0 Å². The monoisotopic (exact) mass is 247 g/mol. The van der Waals surface area contributed by atoms with Crippen LogP contribution in [-0.2, 0) is 6.42 Å². The van der Waals surface area contributed by atoms with Gasteiger partial charge in [0.15, 0.2) is 0 Å². The van der Waals surface area contributed by atoms with Crippen LogP contribution in [0.2, 0.25) is 0 Å². The molecule has 18 heavy (non-hydrogen) atoms. The molecular formula is C15H25N3. The van der Waals surface area contributed by atoms with Gasteiger partial charge in [0.1, 0.15) is 0 Å². The number of nitrogens with two attached hydrogens (primary N) is 1. The van der Waals surface area contributed by atoms with Gasteiger partial charge >= 0.3 is 0 Å². The Hall–Kier alpha value is -0.930. The van der Waals surface area contributed by atoms with Gasteiger partial charge in [0.25, 0.3) is 0 Å². The molecule has 0 radical (unpaired) electrons. The van der Waals surface area contributed by atoms with Gasteiger partial charge in [-0.3, -0.25) is 4.98 Å². The Kier molecular flexibility index (Phi) is 5.14. The molecule has 1 aliphatic carbocycles. The zero-order chi connectivity index (χ0) is 12.8. The van der Waals surface area contributed by atoms with Crippen molar-refractivity contribution in [3.63, 3.8) is 0 Å². The minimum Gasteiger partial charge on any atom is -0.330 e.